The highest BCUT2D eigenvalue weighted by atomic mass is 16.4. The Morgan fingerprint density at radius 1 is 1.47 bits per heavy atom. The van der Waals surface area contributed by atoms with Gasteiger partial charge in [0.15, 0.2) is 0 Å². The number of benzene rings is 1. The molecule has 0 radical (unpaired) electrons. The first kappa shape index (κ1) is 11.8. The first-order valence-corrected chi connectivity index (χ1v) is 5.86. The summed E-state index contributed by atoms with van der Waals surface area (Å²) in [6.45, 7) is 1.00. The fraction of sp³-hybridized carbons (Fsp3) is 0.462. The Bertz CT molecular complexity index is 443. The third-order valence-electron chi connectivity index (χ3n) is 3.28. The van der Waals surface area contributed by atoms with E-state index in [4.69, 9.17) is 5.11 Å². The lowest BCUT2D eigenvalue weighted by Crippen LogP contribution is -2.24. The lowest BCUT2D eigenvalue weighted by Gasteiger charge is -2.28. The van der Waals surface area contributed by atoms with Gasteiger partial charge in [0, 0.05) is 31.3 Å². The van der Waals surface area contributed by atoms with Crippen molar-refractivity contribution in [3.8, 4) is 5.75 Å². The van der Waals surface area contributed by atoms with Crippen LogP contribution in [0.1, 0.15) is 24.0 Å². The van der Waals surface area contributed by atoms with Crippen LogP contribution in [0, 0.1) is 0 Å². The van der Waals surface area contributed by atoms with E-state index in [0.717, 1.165) is 36.2 Å². The fourth-order valence-electron chi connectivity index (χ4n) is 2.34. The van der Waals surface area contributed by atoms with Crippen molar-refractivity contribution in [3.05, 3.63) is 23.3 Å². The molecule has 0 aromatic heterocycles. The highest BCUT2D eigenvalue weighted by Crippen LogP contribution is 2.35. The van der Waals surface area contributed by atoms with Crippen molar-refractivity contribution in [2.24, 2.45) is 0 Å². The third-order valence-corrected chi connectivity index (χ3v) is 3.28. The van der Waals surface area contributed by atoms with Gasteiger partial charge in [-0.25, -0.2) is 0 Å². The zero-order valence-corrected chi connectivity index (χ0v) is 9.94. The quantitative estimate of drug-likeness (QED) is 0.838. The number of carboxylic acids is 1. The number of fused-ring (bicyclic) bond motifs is 1. The molecular weight excluding hydrogens is 218 g/mol. The molecule has 0 unspecified atom stereocenters. The number of aromatic hydroxyl groups is 1. The minimum Gasteiger partial charge on any atom is -0.507 e. The van der Waals surface area contributed by atoms with Crippen LogP contribution in [0.2, 0.25) is 0 Å². The average molecular weight is 235 g/mol. The molecule has 2 N–H and O–H groups in total. The van der Waals surface area contributed by atoms with E-state index >= 15 is 0 Å². The zero-order chi connectivity index (χ0) is 12.4. The van der Waals surface area contributed by atoms with E-state index in [1.165, 1.54) is 0 Å². The summed E-state index contributed by atoms with van der Waals surface area (Å²) in [5, 5.41) is 18.8. The Balaban J connectivity index is 2.28. The number of anilines is 1. The van der Waals surface area contributed by atoms with Crippen LogP contribution in [0.25, 0.3) is 0 Å². The Kier molecular flexibility index (Phi) is 3.22. The van der Waals surface area contributed by atoms with Crippen LogP contribution in [0.15, 0.2) is 12.1 Å². The number of carbonyl (C=O) groups is 1. The van der Waals surface area contributed by atoms with Gasteiger partial charge in [-0.3, -0.25) is 4.79 Å². The molecule has 0 saturated heterocycles. The normalized spacial score (nSPS) is 14.5. The van der Waals surface area contributed by atoms with E-state index in [0.29, 0.717) is 6.42 Å². The lowest BCUT2D eigenvalue weighted by atomic mass is 9.96. The maximum atomic E-state index is 10.5. The Morgan fingerprint density at radius 2 is 2.24 bits per heavy atom. The van der Waals surface area contributed by atoms with Crippen molar-refractivity contribution >= 4 is 11.7 Å². The highest BCUT2D eigenvalue weighted by Gasteiger charge is 2.19. The molecule has 1 aromatic carbocycles. The Labute approximate surface area is 100 Å². The molecule has 92 valence electrons. The van der Waals surface area contributed by atoms with Gasteiger partial charge in [-0.2, -0.15) is 0 Å². The van der Waals surface area contributed by atoms with Gasteiger partial charge in [0.1, 0.15) is 5.75 Å². The average Bonchev–Trinajstić information content (AvgIpc) is 2.29. The number of carboxylic acid groups (broad SMARTS) is 1. The van der Waals surface area contributed by atoms with E-state index in [1.807, 2.05) is 19.2 Å². The topological polar surface area (TPSA) is 60.8 Å². The molecule has 0 saturated carbocycles. The number of aliphatic carboxylic acids is 1. The minimum atomic E-state index is -0.834. The van der Waals surface area contributed by atoms with Crippen LogP contribution in [0.5, 0.6) is 5.75 Å². The van der Waals surface area contributed by atoms with Gasteiger partial charge in [0.05, 0.1) is 0 Å². The van der Waals surface area contributed by atoms with E-state index < -0.39 is 5.97 Å². The minimum absolute atomic E-state index is 0.0577. The standard InChI is InChI=1S/C13H17NO3/c1-14-8-2-3-10-11(14)6-4-9(13(10)17)5-7-12(15)16/h4,6,17H,2-3,5,7-8H2,1H3,(H,15,16). The number of phenolic OH excluding ortho intramolecular Hbond substituents is 1. The number of nitrogens with zero attached hydrogens (tertiary/aromatic N) is 1. The van der Waals surface area contributed by atoms with Crippen molar-refractivity contribution in [1.82, 2.24) is 0 Å². The summed E-state index contributed by atoms with van der Waals surface area (Å²) in [6, 6.07) is 3.81. The molecule has 1 aliphatic heterocycles. The van der Waals surface area contributed by atoms with Gasteiger partial charge in [-0.1, -0.05) is 6.07 Å². The Hall–Kier alpha value is -1.71. The van der Waals surface area contributed by atoms with Gasteiger partial charge in [0.25, 0.3) is 0 Å². The second kappa shape index (κ2) is 4.65. The van der Waals surface area contributed by atoms with Gasteiger partial charge in [0.2, 0.25) is 0 Å². The zero-order valence-electron chi connectivity index (χ0n) is 9.94. The number of rotatable bonds is 3. The van der Waals surface area contributed by atoms with Crippen LogP contribution in [-0.2, 0) is 17.6 Å². The number of hydrogen-bond donors (Lipinski definition) is 2. The van der Waals surface area contributed by atoms with Gasteiger partial charge in [-0.05, 0) is 30.9 Å². The molecule has 0 atom stereocenters. The van der Waals surface area contributed by atoms with Crippen molar-refractivity contribution in [2.75, 3.05) is 18.5 Å². The predicted octanol–water partition coefficient (Wildman–Crippen LogP) is 1.79. The summed E-state index contributed by atoms with van der Waals surface area (Å²) in [4.78, 5) is 12.7. The van der Waals surface area contributed by atoms with Crippen LogP contribution in [0.3, 0.4) is 0 Å². The molecule has 0 aliphatic carbocycles. The molecule has 4 nitrogen and oxygen atoms in total. The monoisotopic (exact) mass is 235 g/mol. The molecule has 17 heavy (non-hydrogen) atoms. The van der Waals surface area contributed by atoms with Gasteiger partial charge >= 0.3 is 5.97 Å². The van der Waals surface area contributed by atoms with E-state index in [-0.39, 0.29) is 12.2 Å². The van der Waals surface area contributed by atoms with Crippen molar-refractivity contribution in [3.63, 3.8) is 0 Å². The van der Waals surface area contributed by atoms with Crippen LogP contribution >= 0.6 is 0 Å². The van der Waals surface area contributed by atoms with E-state index in [2.05, 4.69) is 4.90 Å². The maximum absolute atomic E-state index is 10.5. The Morgan fingerprint density at radius 3 is 2.94 bits per heavy atom. The number of hydrogen-bond acceptors (Lipinski definition) is 3. The molecule has 4 heteroatoms. The highest BCUT2D eigenvalue weighted by molar-refractivity contribution is 5.68. The smallest absolute Gasteiger partial charge is 0.303 e. The predicted molar refractivity (Wildman–Crippen MR) is 65.7 cm³/mol. The molecule has 1 aliphatic rings. The first-order chi connectivity index (χ1) is 8.09. The molecule has 0 spiro atoms. The summed E-state index contributed by atoms with van der Waals surface area (Å²) < 4.78 is 0. The summed E-state index contributed by atoms with van der Waals surface area (Å²) in [5.74, 6) is -0.547. The largest absolute Gasteiger partial charge is 0.507 e. The van der Waals surface area contributed by atoms with Crippen LogP contribution in [-0.4, -0.2) is 29.8 Å². The van der Waals surface area contributed by atoms with Crippen molar-refractivity contribution in [2.45, 2.75) is 25.7 Å². The third kappa shape index (κ3) is 2.35. The van der Waals surface area contributed by atoms with Crippen LogP contribution < -0.4 is 4.90 Å². The number of aryl methyl sites for hydroxylation is 1. The molecule has 0 bridgehead atoms. The van der Waals surface area contributed by atoms with E-state index in [1.54, 1.807) is 0 Å². The summed E-state index contributed by atoms with van der Waals surface area (Å²) in [5.41, 5.74) is 2.76. The fourth-order valence-corrected chi connectivity index (χ4v) is 2.34. The lowest BCUT2D eigenvalue weighted by molar-refractivity contribution is -0.136. The van der Waals surface area contributed by atoms with Crippen molar-refractivity contribution in [1.29, 1.82) is 0 Å². The van der Waals surface area contributed by atoms with Gasteiger partial charge in [-0.15, -0.1) is 0 Å². The summed E-state index contributed by atoms with van der Waals surface area (Å²) >= 11 is 0. The van der Waals surface area contributed by atoms with Crippen LogP contribution in [0.4, 0.5) is 5.69 Å². The SMILES string of the molecule is CN1CCCc2c1ccc(CCC(=O)O)c2O. The maximum Gasteiger partial charge on any atom is 0.303 e. The molecule has 0 amide bonds. The molecule has 1 heterocycles. The molecule has 0 fully saturated rings. The summed E-state index contributed by atoms with van der Waals surface area (Å²) in [6.07, 6.45) is 2.34. The first-order valence-electron chi connectivity index (χ1n) is 5.86. The second-order valence-electron chi connectivity index (χ2n) is 4.49. The second-order valence-corrected chi connectivity index (χ2v) is 4.49. The number of phenols is 1. The van der Waals surface area contributed by atoms with Gasteiger partial charge < -0.3 is 15.1 Å². The molecular formula is C13H17NO3. The van der Waals surface area contributed by atoms with Crippen molar-refractivity contribution < 1.29 is 15.0 Å². The molecule has 2 rings (SSSR count). The van der Waals surface area contributed by atoms with E-state index in [9.17, 15) is 9.90 Å². The molecule has 1 aromatic rings. The summed E-state index contributed by atoms with van der Waals surface area (Å²) in [7, 11) is 2.01.